The van der Waals surface area contributed by atoms with E-state index in [9.17, 15) is 9.59 Å². The molecular formula is C19H22N4O5. The van der Waals surface area contributed by atoms with Gasteiger partial charge in [-0.2, -0.15) is 5.10 Å². The average molecular weight is 386 g/mol. The molecule has 2 aliphatic heterocycles. The molecule has 9 heteroatoms. The molecule has 148 valence electrons. The van der Waals surface area contributed by atoms with Crippen molar-refractivity contribution in [1.29, 1.82) is 0 Å². The summed E-state index contributed by atoms with van der Waals surface area (Å²) in [5.41, 5.74) is 2.54. The van der Waals surface area contributed by atoms with Gasteiger partial charge in [0.05, 0.1) is 6.54 Å². The van der Waals surface area contributed by atoms with E-state index in [0.717, 1.165) is 17.7 Å². The van der Waals surface area contributed by atoms with Crippen molar-refractivity contribution in [2.75, 3.05) is 33.6 Å². The summed E-state index contributed by atoms with van der Waals surface area (Å²) < 4.78 is 15.6. The standard InChI is InChI=1S/C19H22N4O5/c1-26-8-2-6-20-18(24)17-13-10-23(7-5-14(13)21-22-17)19(25)12-3-4-15-16(9-12)28-11-27-15/h3-4,9H,2,5-8,10-11H2,1H3,(H,20,24)(H,21,22). The summed E-state index contributed by atoms with van der Waals surface area (Å²) in [7, 11) is 1.62. The van der Waals surface area contributed by atoms with Crippen molar-refractivity contribution in [2.45, 2.75) is 19.4 Å². The minimum atomic E-state index is -0.244. The van der Waals surface area contributed by atoms with Crippen LogP contribution in [0.3, 0.4) is 0 Å². The Morgan fingerprint density at radius 1 is 1.32 bits per heavy atom. The second-order valence-corrected chi connectivity index (χ2v) is 6.68. The van der Waals surface area contributed by atoms with Crippen LogP contribution in [0, 0.1) is 0 Å². The van der Waals surface area contributed by atoms with E-state index in [-0.39, 0.29) is 18.6 Å². The molecule has 0 unspecified atom stereocenters. The maximum absolute atomic E-state index is 12.9. The number of benzene rings is 1. The lowest BCUT2D eigenvalue weighted by molar-refractivity contribution is 0.0730. The fraction of sp³-hybridized carbons (Fsp3) is 0.421. The summed E-state index contributed by atoms with van der Waals surface area (Å²) in [5.74, 6) is 0.852. The average Bonchev–Trinajstić information content (AvgIpc) is 3.36. The van der Waals surface area contributed by atoms with Gasteiger partial charge in [-0.3, -0.25) is 14.7 Å². The molecule has 2 aliphatic rings. The summed E-state index contributed by atoms with van der Waals surface area (Å²) >= 11 is 0. The highest BCUT2D eigenvalue weighted by Gasteiger charge is 2.29. The van der Waals surface area contributed by atoms with Crippen LogP contribution in [0.15, 0.2) is 18.2 Å². The number of ether oxygens (including phenoxy) is 3. The first-order valence-corrected chi connectivity index (χ1v) is 9.19. The van der Waals surface area contributed by atoms with Crippen molar-refractivity contribution in [3.05, 3.63) is 40.7 Å². The Hall–Kier alpha value is -3.07. The number of nitrogens with one attached hydrogen (secondary N) is 2. The van der Waals surface area contributed by atoms with Crippen molar-refractivity contribution < 1.29 is 23.8 Å². The van der Waals surface area contributed by atoms with Crippen molar-refractivity contribution in [1.82, 2.24) is 20.4 Å². The number of carbonyl (C=O) groups excluding carboxylic acids is 2. The number of hydrogen-bond acceptors (Lipinski definition) is 6. The first-order valence-electron chi connectivity index (χ1n) is 9.19. The van der Waals surface area contributed by atoms with Crippen molar-refractivity contribution in [3.8, 4) is 11.5 Å². The van der Waals surface area contributed by atoms with E-state index in [1.54, 1.807) is 30.2 Å². The van der Waals surface area contributed by atoms with Crippen LogP contribution in [0.2, 0.25) is 0 Å². The van der Waals surface area contributed by atoms with E-state index in [4.69, 9.17) is 14.2 Å². The minimum Gasteiger partial charge on any atom is -0.454 e. The number of H-pyrrole nitrogens is 1. The van der Waals surface area contributed by atoms with E-state index in [1.807, 2.05) is 0 Å². The molecule has 2 amide bonds. The molecule has 1 aromatic carbocycles. The summed E-state index contributed by atoms with van der Waals surface area (Å²) in [6.45, 7) is 2.14. The number of nitrogens with zero attached hydrogens (tertiary/aromatic N) is 2. The highest BCUT2D eigenvalue weighted by atomic mass is 16.7. The third-order valence-electron chi connectivity index (χ3n) is 4.87. The van der Waals surface area contributed by atoms with Gasteiger partial charge in [0, 0.05) is 50.0 Å². The van der Waals surface area contributed by atoms with Gasteiger partial charge < -0.3 is 24.4 Å². The summed E-state index contributed by atoms with van der Waals surface area (Å²) in [6, 6.07) is 5.16. The maximum atomic E-state index is 12.9. The quantitative estimate of drug-likeness (QED) is 0.721. The van der Waals surface area contributed by atoms with Gasteiger partial charge >= 0.3 is 0 Å². The highest BCUT2D eigenvalue weighted by Crippen LogP contribution is 2.33. The topological polar surface area (TPSA) is 106 Å². The largest absolute Gasteiger partial charge is 0.454 e. The number of amides is 2. The smallest absolute Gasteiger partial charge is 0.272 e. The molecule has 0 fully saturated rings. The monoisotopic (exact) mass is 386 g/mol. The van der Waals surface area contributed by atoms with Crippen LogP contribution in [-0.2, 0) is 17.7 Å². The molecule has 2 aromatic rings. The Kier molecular flexibility index (Phi) is 5.16. The zero-order valence-corrected chi connectivity index (χ0v) is 15.6. The molecular weight excluding hydrogens is 364 g/mol. The van der Waals surface area contributed by atoms with Crippen molar-refractivity contribution in [3.63, 3.8) is 0 Å². The molecule has 0 saturated carbocycles. The highest BCUT2D eigenvalue weighted by molar-refractivity contribution is 5.96. The molecule has 0 atom stereocenters. The lowest BCUT2D eigenvalue weighted by atomic mass is 10.0. The summed E-state index contributed by atoms with van der Waals surface area (Å²) in [6.07, 6.45) is 1.35. The first kappa shape index (κ1) is 18.3. The Balaban J connectivity index is 1.46. The molecule has 0 bridgehead atoms. The number of aromatic amines is 1. The van der Waals surface area contributed by atoms with E-state index < -0.39 is 0 Å². The fourth-order valence-electron chi connectivity index (χ4n) is 3.37. The van der Waals surface area contributed by atoms with Crippen LogP contribution in [0.1, 0.15) is 38.5 Å². The van der Waals surface area contributed by atoms with Gasteiger partial charge in [-0.05, 0) is 24.6 Å². The molecule has 0 aliphatic carbocycles. The van der Waals surface area contributed by atoms with Crippen LogP contribution < -0.4 is 14.8 Å². The molecule has 0 spiro atoms. The number of aromatic nitrogens is 2. The molecule has 28 heavy (non-hydrogen) atoms. The Morgan fingerprint density at radius 2 is 2.18 bits per heavy atom. The molecule has 2 N–H and O–H groups in total. The molecule has 3 heterocycles. The van der Waals surface area contributed by atoms with Gasteiger partial charge in [-0.25, -0.2) is 0 Å². The van der Waals surface area contributed by atoms with Gasteiger partial charge in [0.1, 0.15) is 0 Å². The maximum Gasteiger partial charge on any atom is 0.272 e. The Bertz CT molecular complexity index is 894. The third kappa shape index (κ3) is 3.53. The van der Waals surface area contributed by atoms with Crippen molar-refractivity contribution >= 4 is 11.8 Å². The number of methoxy groups -OCH3 is 1. The van der Waals surface area contributed by atoms with Gasteiger partial charge in [0.25, 0.3) is 11.8 Å². The van der Waals surface area contributed by atoms with Crippen LogP contribution in [0.5, 0.6) is 11.5 Å². The Morgan fingerprint density at radius 3 is 3.04 bits per heavy atom. The predicted octanol–water partition coefficient (Wildman–Crippen LogP) is 1.10. The Labute approximate surface area is 161 Å². The SMILES string of the molecule is COCCCNC(=O)c1n[nH]c2c1CN(C(=O)c1ccc3c(c1)OCO3)CC2. The zero-order valence-electron chi connectivity index (χ0n) is 15.6. The van der Waals surface area contributed by atoms with Crippen molar-refractivity contribution in [2.24, 2.45) is 0 Å². The lowest BCUT2D eigenvalue weighted by Crippen LogP contribution is -2.37. The first-order chi connectivity index (χ1) is 13.7. The summed E-state index contributed by atoms with van der Waals surface area (Å²) in [4.78, 5) is 27.1. The van der Waals surface area contributed by atoms with E-state index >= 15 is 0 Å². The van der Waals surface area contributed by atoms with Gasteiger partial charge in [-0.15, -0.1) is 0 Å². The van der Waals surface area contributed by atoms with E-state index in [2.05, 4.69) is 15.5 Å². The molecule has 9 nitrogen and oxygen atoms in total. The van der Waals surface area contributed by atoms with E-state index in [1.165, 1.54) is 0 Å². The summed E-state index contributed by atoms with van der Waals surface area (Å²) in [5, 5.41) is 9.94. The number of carbonyl (C=O) groups is 2. The number of hydrogen-bond donors (Lipinski definition) is 2. The van der Waals surface area contributed by atoms with Gasteiger partial charge in [0.2, 0.25) is 6.79 Å². The fourth-order valence-corrected chi connectivity index (χ4v) is 3.37. The molecule has 1 aromatic heterocycles. The van der Waals surface area contributed by atoms with Gasteiger partial charge in [-0.1, -0.05) is 0 Å². The second-order valence-electron chi connectivity index (χ2n) is 6.68. The van der Waals surface area contributed by atoms with Crippen LogP contribution in [-0.4, -0.2) is 60.5 Å². The zero-order chi connectivity index (χ0) is 19.5. The second kappa shape index (κ2) is 7.89. The molecule has 4 rings (SSSR count). The van der Waals surface area contributed by atoms with Gasteiger partial charge in [0.15, 0.2) is 17.2 Å². The predicted molar refractivity (Wildman–Crippen MR) is 98.4 cm³/mol. The normalized spacial score (nSPS) is 14.7. The molecule has 0 radical (unpaired) electrons. The van der Waals surface area contributed by atoms with Crippen LogP contribution in [0.4, 0.5) is 0 Å². The number of fused-ring (bicyclic) bond motifs is 2. The number of rotatable bonds is 6. The van der Waals surface area contributed by atoms with Crippen LogP contribution in [0.25, 0.3) is 0 Å². The molecule has 0 saturated heterocycles. The van der Waals surface area contributed by atoms with E-state index in [0.29, 0.717) is 55.4 Å². The van der Waals surface area contributed by atoms with Crippen LogP contribution >= 0.6 is 0 Å². The minimum absolute atomic E-state index is 0.114. The third-order valence-corrected chi connectivity index (χ3v) is 4.87. The lowest BCUT2D eigenvalue weighted by Gasteiger charge is -2.27.